The smallest absolute Gasteiger partial charge is 0.126 e. The van der Waals surface area contributed by atoms with Crippen LogP contribution in [0, 0.1) is 13.8 Å². The Bertz CT molecular complexity index is 1040. The van der Waals surface area contributed by atoms with Gasteiger partial charge in [-0.25, -0.2) is 9.97 Å². The molecule has 0 fully saturated rings. The van der Waals surface area contributed by atoms with Crippen molar-refractivity contribution >= 4 is 0 Å². The molecule has 0 aliphatic carbocycles. The quantitative estimate of drug-likeness (QED) is 0.452. The molecule has 126 valence electrons. The highest BCUT2D eigenvalue weighted by molar-refractivity contribution is 5.71. The van der Waals surface area contributed by atoms with Crippen LogP contribution in [0.2, 0.25) is 0 Å². The van der Waals surface area contributed by atoms with E-state index < -0.39 is 0 Å². The van der Waals surface area contributed by atoms with Gasteiger partial charge in [0.25, 0.3) is 0 Å². The lowest BCUT2D eigenvalue weighted by Crippen LogP contribution is -1.95. The fourth-order valence-electron chi connectivity index (χ4n) is 3.13. The van der Waals surface area contributed by atoms with E-state index in [9.17, 15) is 0 Å². The lowest BCUT2D eigenvalue weighted by Gasteiger charge is -2.08. The molecule has 26 heavy (non-hydrogen) atoms. The fraction of sp³-hybridized carbons (Fsp3) is 0.0833. The number of hydrogen-bond donors (Lipinski definition) is 0. The molecule has 2 nitrogen and oxygen atoms in total. The van der Waals surface area contributed by atoms with Crippen molar-refractivity contribution in [3.05, 3.63) is 96.3 Å². The lowest BCUT2D eigenvalue weighted by atomic mass is 10.0. The zero-order valence-electron chi connectivity index (χ0n) is 15.0. The highest BCUT2D eigenvalue weighted by Crippen LogP contribution is 2.27. The average molecular weight is 336 g/mol. The number of aryl methyl sites for hydroxylation is 2. The van der Waals surface area contributed by atoms with E-state index in [0.717, 1.165) is 28.3 Å². The Hall–Kier alpha value is -3.26. The van der Waals surface area contributed by atoms with Gasteiger partial charge in [-0.2, -0.15) is 0 Å². The molecular weight excluding hydrogens is 316 g/mol. The second-order valence-corrected chi connectivity index (χ2v) is 6.50. The Morgan fingerprint density at radius 3 is 1.77 bits per heavy atom. The predicted molar refractivity (Wildman–Crippen MR) is 108 cm³/mol. The van der Waals surface area contributed by atoms with Gasteiger partial charge < -0.3 is 0 Å². The van der Waals surface area contributed by atoms with Gasteiger partial charge in [0.15, 0.2) is 0 Å². The molecule has 0 saturated carbocycles. The molecule has 4 aromatic rings. The monoisotopic (exact) mass is 336 g/mol. The maximum Gasteiger partial charge on any atom is 0.126 e. The van der Waals surface area contributed by atoms with Gasteiger partial charge in [0.05, 0.1) is 11.4 Å². The topological polar surface area (TPSA) is 25.8 Å². The zero-order valence-corrected chi connectivity index (χ0v) is 15.0. The van der Waals surface area contributed by atoms with E-state index in [-0.39, 0.29) is 0 Å². The molecule has 0 amide bonds. The van der Waals surface area contributed by atoms with Crippen molar-refractivity contribution in [1.29, 1.82) is 0 Å². The first-order valence-electron chi connectivity index (χ1n) is 8.78. The van der Waals surface area contributed by atoms with Crippen LogP contribution in [0.3, 0.4) is 0 Å². The summed E-state index contributed by atoms with van der Waals surface area (Å²) in [6.45, 7) is 4.04. The van der Waals surface area contributed by atoms with Crippen molar-refractivity contribution in [2.24, 2.45) is 0 Å². The number of nitrogens with zero attached hydrogens (tertiary/aromatic N) is 2. The first-order chi connectivity index (χ1) is 12.7. The third-order valence-corrected chi connectivity index (χ3v) is 4.44. The normalized spacial score (nSPS) is 10.7. The molecule has 0 aliphatic heterocycles. The van der Waals surface area contributed by atoms with Gasteiger partial charge in [-0.1, -0.05) is 78.4 Å². The van der Waals surface area contributed by atoms with E-state index in [1.165, 1.54) is 16.7 Å². The predicted octanol–water partition coefficient (Wildman–Crippen LogP) is 6.09. The van der Waals surface area contributed by atoms with Crippen LogP contribution in [0.1, 0.15) is 11.4 Å². The molecule has 1 heterocycles. The molecule has 0 atom stereocenters. The Balaban J connectivity index is 1.72. The van der Waals surface area contributed by atoms with Gasteiger partial charge in [-0.15, -0.1) is 0 Å². The summed E-state index contributed by atoms with van der Waals surface area (Å²) in [5, 5.41) is 0. The van der Waals surface area contributed by atoms with Crippen molar-refractivity contribution in [3.8, 4) is 33.6 Å². The van der Waals surface area contributed by atoms with E-state index in [1.54, 1.807) is 0 Å². The molecular formula is C24H20N2. The number of hydrogen-bond acceptors (Lipinski definition) is 2. The third kappa shape index (κ3) is 3.40. The van der Waals surface area contributed by atoms with Crippen molar-refractivity contribution in [1.82, 2.24) is 9.97 Å². The maximum atomic E-state index is 4.64. The van der Waals surface area contributed by atoms with Crippen molar-refractivity contribution in [2.75, 3.05) is 0 Å². The summed E-state index contributed by atoms with van der Waals surface area (Å²) in [7, 11) is 0. The summed E-state index contributed by atoms with van der Waals surface area (Å²) in [5.41, 5.74) is 7.80. The van der Waals surface area contributed by atoms with Gasteiger partial charge >= 0.3 is 0 Å². The molecule has 0 N–H and O–H groups in total. The maximum absolute atomic E-state index is 4.64. The molecule has 0 saturated heterocycles. The van der Waals surface area contributed by atoms with Crippen LogP contribution in [0.25, 0.3) is 33.6 Å². The summed E-state index contributed by atoms with van der Waals surface area (Å²) >= 11 is 0. The van der Waals surface area contributed by atoms with E-state index in [1.807, 2.05) is 13.0 Å². The summed E-state index contributed by atoms with van der Waals surface area (Å²) < 4.78 is 0. The molecule has 0 spiro atoms. The molecule has 0 aliphatic rings. The summed E-state index contributed by atoms with van der Waals surface area (Å²) in [6.07, 6.45) is 0. The minimum atomic E-state index is 0.783. The van der Waals surface area contributed by atoms with E-state index in [4.69, 9.17) is 0 Å². The third-order valence-electron chi connectivity index (χ3n) is 4.44. The summed E-state index contributed by atoms with van der Waals surface area (Å²) in [5.74, 6) is 0.783. The highest BCUT2D eigenvalue weighted by atomic mass is 14.9. The van der Waals surface area contributed by atoms with Crippen molar-refractivity contribution in [2.45, 2.75) is 13.8 Å². The van der Waals surface area contributed by atoms with Crippen LogP contribution < -0.4 is 0 Å². The van der Waals surface area contributed by atoms with Crippen LogP contribution in [0.5, 0.6) is 0 Å². The molecule has 0 unspecified atom stereocenters. The Morgan fingerprint density at radius 2 is 1.08 bits per heavy atom. The molecule has 1 aromatic heterocycles. The van der Waals surface area contributed by atoms with Crippen LogP contribution in [-0.4, -0.2) is 9.97 Å². The Labute approximate surface area is 154 Å². The van der Waals surface area contributed by atoms with E-state index >= 15 is 0 Å². The van der Waals surface area contributed by atoms with Crippen LogP contribution in [0.4, 0.5) is 0 Å². The standard InChI is InChI=1S/C24H20N2/c1-17-7-6-10-22(15-17)24-16-23(25-18(2)26-24)21-13-11-20(12-14-21)19-8-4-3-5-9-19/h3-16H,1-2H3. The number of benzene rings is 3. The first kappa shape index (κ1) is 16.2. The summed E-state index contributed by atoms with van der Waals surface area (Å²) in [4.78, 5) is 9.27. The molecule has 0 bridgehead atoms. The Morgan fingerprint density at radius 1 is 0.500 bits per heavy atom. The molecule has 0 radical (unpaired) electrons. The van der Waals surface area contributed by atoms with Gasteiger partial charge in [-0.05, 0) is 37.1 Å². The van der Waals surface area contributed by atoms with Crippen LogP contribution in [-0.2, 0) is 0 Å². The van der Waals surface area contributed by atoms with Gasteiger partial charge in [-0.3, -0.25) is 0 Å². The fourth-order valence-corrected chi connectivity index (χ4v) is 3.13. The van der Waals surface area contributed by atoms with E-state index in [2.05, 4.69) is 95.8 Å². The number of aromatic nitrogens is 2. The second kappa shape index (κ2) is 6.93. The zero-order chi connectivity index (χ0) is 17.9. The van der Waals surface area contributed by atoms with Gasteiger partial charge in [0.2, 0.25) is 0 Å². The molecule has 3 aromatic carbocycles. The first-order valence-corrected chi connectivity index (χ1v) is 8.78. The molecule has 4 rings (SSSR count). The second-order valence-electron chi connectivity index (χ2n) is 6.50. The lowest BCUT2D eigenvalue weighted by molar-refractivity contribution is 1.06. The van der Waals surface area contributed by atoms with Gasteiger partial charge in [0.1, 0.15) is 5.82 Å². The van der Waals surface area contributed by atoms with Crippen LogP contribution >= 0.6 is 0 Å². The minimum Gasteiger partial charge on any atom is -0.233 e. The highest BCUT2D eigenvalue weighted by Gasteiger charge is 2.07. The summed E-state index contributed by atoms with van der Waals surface area (Å²) in [6, 6.07) is 29.4. The minimum absolute atomic E-state index is 0.783. The van der Waals surface area contributed by atoms with Crippen molar-refractivity contribution in [3.63, 3.8) is 0 Å². The Kier molecular flexibility index (Phi) is 4.32. The molecule has 2 heteroatoms. The number of rotatable bonds is 3. The average Bonchev–Trinajstić information content (AvgIpc) is 2.68. The van der Waals surface area contributed by atoms with Gasteiger partial charge in [0, 0.05) is 11.1 Å². The van der Waals surface area contributed by atoms with E-state index in [0.29, 0.717) is 0 Å². The SMILES string of the molecule is Cc1cccc(-c2cc(-c3ccc(-c4ccccc4)cc3)nc(C)n2)c1. The van der Waals surface area contributed by atoms with Crippen LogP contribution in [0.15, 0.2) is 84.9 Å². The largest absolute Gasteiger partial charge is 0.233 e. The van der Waals surface area contributed by atoms with Crippen molar-refractivity contribution < 1.29 is 0 Å².